The van der Waals surface area contributed by atoms with Crippen LogP contribution in [0.5, 0.6) is 0 Å². The van der Waals surface area contributed by atoms with E-state index >= 15 is 0 Å². The van der Waals surface area contributed by atoms with Crippen molar-refractivity contribution in [2.45, 2.75) is 26.3 Å². The maximum atomic E-state index is 12.9. The largest absolute Gasteiger partial charge is 0.324 e. The highest BCUT2D eigenvalue weighted by molar-refractivity contribution is 5.94. The summed E-state index contributed by atoms with van der Waals surface area (Å²) < 4.78 is 1.49. The quantitative estimate of drug-likeness (QED) is 0.784. The number of nitrogens with one attached hydrogen (secondary N) is 1. The molecule has 1 N–H and O–H groups in total. The van der Waals surface area contributed by atoms with E-state index in [-0.39, 0.29) is 5.91 Å². The molecule has 6 nitrogen and oxygen atoms in total. The highest BCUT2D eigenvalue weighted by atomic mass is 16.2. The zero-order valence-electron chi connectivity index (χ0n) is 13.7. The van der Waals surface area contributed by atoms with Gasteiger partial charge >= 0.3 is 0 Å². The van der Waals surface area contributed by atoms with Crippen molar-refractivity contribution in [2.75, 3.05) is 5.32 Å². The molecule has 3 rings (SSSR count). The van der Waals surface area contributed by atoms with Gasteiger partial charge in [0.1, 0.15) is 12.4 Å². The molecule has 0 unspecified atom stereocenters. The molecule has 0 bridgehead atoms. The maximum Gasteiger partial charge on any atom is 0.249 e. The van der Waals surface area contributed by atoms with Crippen LogP contribution in [-0.4, -0.2) is 26.1 Å². The summed E-state index contributed by atoms with van der Waals surface area (Å²) in [6.45, 7) is 4.02. The lowest BCUT2D eigenvalue weighted by atomic mass is 10.0. The number of aromatic nitrogens is 4. The van der Waals surface area contributed by atoms with E-state index in [0.717, 1.165) is 22.4 Å². The third kappa shape index (κ3) is 3.48. The van der Waals surface area contributed by atoms with Gasteiger partial charge in [0.2, 0.25) is 5.91 Å². The summed E-state index contributed by atoms with van der Waals surface area (Å²) in [5, 5.41) is 14.2. The molecular weight excluding hydrogens is 302 g/mol. The van der Waals surface area contributed by atoms with Crippen molar-refractivity contribution in [2.24, 2.45) is 0 Å². The van der Waals surface area contributed by atoms with Gasteiger partial charge in [-0.2, -0.15) is 0 Å². The van der Waals surface area contributed by atoms with Gasteiger partial charge in [-0.1, -0.05) is 42.5 Å². The molecule has 0 saturated carbocycles. The van der Waals surface area contributed by atoms with Crippen LogP contribution in [0.15, 0.2) is 54.9 Å². The van der Waals surface area contributed by atoms with Gasteiger partial charge in [-0.05, 0) is 47.0 Å². The maximum absolute atomic E-state index is 12.9. The van der Waals surface area contributed by atoms with Crippen molar-refractivity contribution in [3.8, 4) is 0 Å². The Morgan fingerprint density at radius 3 is 2.62 bits per heavy atom. The SMILES string of the molecule is Cc1cccc(NC(=O)[C@@H](Cc2ccccc2)n2cnnn2)c1C. The number of aryl methyl sites for hydroxylation is 1. The molecule has 0 radical (unpaired) electrons. The predicted molar refractivity (Wildman–Crippen MR) is 91.5 cm³/mol. The summed E-state index contributed by atoms with van der Waals surface area (Å²) in [7, 11) is 0. The lowest BCUT2D eigenvalue weighted by Gasteiger charge is -2.18. The fourth-order valence-electron chi connectivity index (χ4n) is 2.56. The van der Waals surface area contributed by atoms with Crippen molar-refractivity contribution in [3.05, 3.63) is 71.5 Å². The molecule has 1 amide bonds. The van der Waals surface area contributed by atoms with Gasteiger partial charge in [-0.25, -0.2) is 4.68 Å². The average Bonchev–Trinajstić information content (AvgIpc) is 3.12. The Balaban J connectivity index is 1.85. The smallest absolute Gasteiger partial charge is 0.249 e. The highest BCUT2D eigenvalue weighted by Gasteiger charge is 2.23. The van der Waals surface area contributed by atoms with E-state index in [9.17, 15) is 4.79 Å². The molecule has 0 saturated heterocycles. The molecule has 122 valence electrons. The number of hydrogen-bond donors (Lipinski definition) is 1. The first-order valence-corrected chi connectivity index (χ1v) is 7.78. The van der Waals surface area contributed by atoms with Crippen LogP contribution < -0.4 is 5.32 Å². The molecule has 3 aromatic rings. The highest BCUT2D eigenvalue weighted by Crippen LogP contribution is 2.21. The fraction of sp³-hybridized carbons (Fsp3) is 0.222. The Labute approximate surface area is 140 Å². The van der Waals surface area contributed by atoms with E-state index < -0.39 is 6.04 Å². The van der Waals surface area contributed by atoms with Crippen molar-refractivity contribution in [1.82, 2.24) is 20.2 Å². The van der Waals surface area contributed by atoms with Crippen LogP contribution in [0.1, 0.15) is 22.7 Å². The minimum Gasteiger partial charge on any atom is -0.324 e. The first-order valence-electron chi connectivity index (χ1n) is 7.78. The predicted octanol–water partition coefficient (Wildman–Crippen LogP) is 2.71. The Morgan fingerprint density at radius 2 is 1.92 bits per heavy atom. The second-order valence-corrected chi connectivity index (χ2v) is 5.73. The molecule has 1 atom stereocenters. The number of amides is 1. The third-order valence-corrected chi connectivity index (χ3v) is 4.12. The molecule has 0 aliphatic heterocycles. The Kier molecular flexibility index (Phi) is 4.65. The van der Waals surface area contributed by atoms with Crippen LogP contribution in [-0.2, 0) is 11.2 Å². The molecule has 0 spiro atoms. The van der Waals surface area contributed by atoms with Crippen molar-refractivity contribution >= 4 is 11.6 Å². The lowest BCUT2D eigenvalue weighted by Crippen LogP contribution is -2.28. The van der Waals surface area contributed by atoms with Gasteiger partial charge in [-0.3, -0.25) is 4.79 Å². The van der Waals surface area contributed by atoms with E-state index in [4.69, 9.17) is 0 Å². The molecule has 6 heteroatoms. The first-order chi connectivity index (χ1) is 11.6. The van der Waals surface area contributed by atoms with Gasteiger partial charge in [0.05, 0.1) is 0 Å². The summed E-state index contributed by atoms with van der Waals surface area (Å²) in [6.07, 6.45) is 1.98. The first kappa shape index (κ1) is 15.9. The second-order valence-electron chi connectivity index (χ2n) is 5.73. The molecule has 24 heavy (non-hydrogen) atoms. The normalized spacial score (nSPS) is 11.9. The van der Waals surface area contributed by atoms with Crippen LogP contribution in [0.2, 0.25) is 0 Å². The molecule has 0 aliphatic rings. The van der Waals surface area contributed by atoms with Crippen LogP contribution in [0, 0.1) is 13.8 Å². The lowest BCUT2D eigenvalue weighted by molar-refractivity contribution is -0.119. The molecule has 0 aliphatic carbocycles. The number of tetrazole rings is 1. The van der Waals surface area contributed by atoms with Crippen molar-refractivity contribution < 1.29 is 4.79 Å². The minimum atomic E-state index is -0.512. The molecule has 1 aromatic heterocycles. The van der Waals surface area contributed by atoms with E-state index in [2.05, 4.69) is 20.8 Å². The number of hydrogen-bond acceptors (Lipinski definition) is 4. The number of rotatable bonds is 5. The van der Waals surface area contributed by atoms with Crippen LogP contribution in [0.3, 0.4) is 0 Å². The topological polar surface area (TPSA) is 72.7 Å². The van der Waals surface area contributed by atoms with Crippen molar-refractivity contribution in [3.63, 3.8) is 0 Å². The summed E-state index contributed by atoms with van der Waals surface area (Å²) in [5.41, 5.74) is 4.05. The summed E-state index contributed by atoms with van der Waals surface area (Å²) in [6, 6.07) is 15.2. The molecule has 0 fully saturated rings. The zero-order chi connectivity index (χ0) is 16.9. The van der Waals surface area contributed by atoms with E-state index in [0.29, 0.717) is 6.42 Å². The summed E-state index contributed by atoms with van der Waals surface area (Å²) in [5.74, 6) is -0.139. The zero-order valence-corrected chi connectivity index (χ0v) is 13.7. The Bertz CT molecular complexity index is 815. The molecular formula is C18H19N5O. The number of benzene rings is 2. The molecule has 2 aromatic carbocycles. The number of nitrogens with zero attached hydrogens (tertiary/aromatic N) is 4. The van der Waals surface area contributed by atoms with Gasteiger partial charge in [0.15, 0.2) is 0 Å². The third-order valence-electron chi connectivity index (χ3n) is 4.12. The van der Waals surface area contributed by atoms with Gasteiger partial charge in [0, 0.05) is 12.1 Å². The molecule has 1 heterocycles. The standard InChI is InChI=1S/C18H19N5O/c1-13-7-6-10-16(14(13)2)20-18(24)17(23-12-19-21-22-23)11-15-8-4-3-5-9-15/h3-10,12,17H,11H2,1-2H3,(H,20,24)/t17-/m1/s1. The number of anilines is 1. The van der Waals surface area contributed by atoms with Crippen LogP contribution >= 0.6 is 0 Å². The Morgan fingerprint density at radius 1 is 1.12 bits per heavy atom. The average molecular weight is 321 g/mol. The monoisotopic (exact) mass is 321 g/mol. The summed E-state index contributed by atoms with van der Waals surface area (Å²) in [4.78, 5) is 12.9. The minimum absolute atomic E-state index is 0.139. The second kappa shape index (κ2) is 7.04. The number of carbonyl (C=O) groups excluding carboxylic acids is 1. The fourth-order valence-corrected chi connectivity index (χ4v) is 2.56. The van der Waals surface area contributed by atoms with Crippen molar-refractivity contribution in [1.29, 1.82) is 0 Å². The summed E-state index contributed by atoms with van der Waals surface area (Å²) >= 11 is 0. The van der Waals surface area contributed by atoms with E-state index in [1.54, 1.807) is 0 Å². The van der Waals surface area contributed by atoms with Gasteiger partial charge in [0.25, 0.3) is 0 Å². The van der Waals surface area contributed by atoms with Gasteiger partial charge in [-0.15, -0.1) is 5.10 Å². The van der Waals surface area contributed by atoms with E-state index in [1.807, 2.05) is 62.4 Å². The van der Waals surface area contributed by atoms with Crippen LogP contribution in [0.4, 0.5) is 5.69 Å². The number of carbonyl (C=O) groups is 1. The van der Waals surface area contributed by atoms with Gasteiger partial charge < -0.3 is 5.32 Å². The Hall–Kier alpha value is -3.02. The van der Waals surface area contributed by atoms with E-state index in [1.165, 1.54) is 11.0 Å². The van der Waals surface area contributed by atoms with Crippen LogP contribution in [0.25, 0.3) is 0 Å².